The largest absolute Gasteiger partial charge is 0.493 e. The molecule has 232 valence electrons. The highest BCUT2D eigenvalue weighted by atomic mass is 32.2. The Morgan fingerprint density at radius 1 is 0.977 bits per heavy atom. The Bertz CT molecular complexity index is 1590. The quantitative estimate of drug-likeness (QED) is 0.197. The van der Waals surface area contributed by atoms with Crippen LogP contribution < -0.4 is 9.47 Å². The van der Waals surface area contributed by atoms with E-state index in [9.17, 15) is 10.2 Å². The van der Waals surface area contributed by atoms with Crippen molar-refractivity contribution >= 4 is 22.8 Å². The van der Waals surface area contributed by atoms with E-state index in [1.807, 2.05) is 36.4 Å². The number of hydrogen-bond acceptors (Lipinski definition) is 10. The van der Waals surface area contributed by atoms with E-state index in [-0.39, 0.29) is 5.56 Å². The molecule has 2 aliphatic heterocycles. The van der Waals surface area contributed by atoms with Crippen LogP contribution >= 0.6 is 11.8 Å². The van der Waals surface area contributed by atoms with Crippen LogP contribution in [0.4, 0.5) is 4.39 Å². The summed E-state index contributed by atoms with van der Waals surface area (Å²) >= 11 is 1.74. The van der Waals surface area contributed by atoms with E-state index in [2.05, 4.69) is 9.88 Å². The van der Waals surface area contributed by atoms with Crippen molar-refractivity contribution in [1.29, 1.82) is 0 Å². The average molecular weight is 621 g/mol. The molecule has 0 unspecified atom stereocenters. The average Bonchev–Trinajstić information content (AvgIpc) is 3.07. The van der Waals surface area contributed by atoms with E-state index in [0.717, 1.165) is 56.3 Å². The third-order valence-electron chi connectivity index (χ3n) is 8.11. The van der Waals surface area contributed by atoms with Gasteiger partial charge in [-0.2, -0.15) is 11.8 Å². The monoisotopic (exact) mass is 620 g/mol. The number of fused-ring (bicyclic) bond motifs is 1. The predicted octanol–water partition coefficient (Wildman–Crippen LogP) is 4.36. The number of benzene rings is 3. The minimum absolute atomic E-state index is 0.171. The first-order chi connectivity index (χ1) is 21.4. The van der Waals surface area contributed by atoms with Crippen molar-refractivity contribution in [2.75, 3.05) is 71.2 Å². The molecule has 4 aromatic rings. The summed E-state index contributed by atoms with van der Waals surface area (Å²) in [4.78, 5) is 13.4. The van der Waals surface area contributed by atoms with Crippen molar-refractivity contribution in [2.45, 2.75) is 12.3 Å². The zero-order valence-electron chi connectivity index (χ0n) is 24.7. The molecule has 3 heterocycles. The van der Waals surface area contributed by atoms with Crippen LogP contribution in [0.3, 0.4) is 0 Å². The normalized spacial score (nSPS) is 16.7. The van der Waals surface area contributed by atoms with Gasteiger partial charge in [0.15, 0.2) is 11.5 Å². The van der Waals surface area contributed by atoms with Crippen LogP contribution in [0.15, 0.2) is 60.8 Å². The van der Waals surface area contributed by atoms with Gasteiger partial charge in [0, 0.05) is 55.4 Å². The van der Waals surface area contributed by atoms with E-state index in [1.54, 1.807) is 31.1 Å². The number of nitrogens with zero attached hydrogens (tertiary/aromatic N) is 4. The minimum Gasteiger partial charge on any atom is -0.493 e. The Morgan fingerprint density at radius 3 is 2.55 bits per heavy atom. The molecule has 0 bridgehead atoms. The van der Waals surface area contributed by atoms with E-state index in [0.29, 0.717) is 59.0 Å². The molecule has 0 aliphatic carbocycles. The molecule has 11 heteroatoms. The predicted molar refractivity (Wildman–Crippen MR) is 169 cm³/mol. The zero-order valence-corrected chi connectivity index (χ0v) is 25.6. The second-order valence-corrected chi connectivity index (χ2v) is 12.1. The van der Waals surface area contributed by atoms with Crippen LogP contribution in [0.25, 0.3) is 33.4 Å². The molecule has 3 aromatic carbocycles. The number of hydrogen-bond donors (Lipinski definition) is 2. The SMILES string of the molecule is COc1cc(-c2cnc3cccc(-c4ccc(C(O)(O)N5CCSCC5)c(F)c4)c3n2)ccc1OCCCN1CCOCC1. The Hall–Kier alpha value is -3.32. The number of ether oxygens (including phenoxy) is 3. The van der Waals surface area contributed by atoms with E-state index < -0.39 is 11.7 Å². The third kappa shape index (κ3) is 6.68. The van der Waals surface area contributed by atoms with E-state index >= 15 is 4.39 Å². The molecule has 0 radical (unpaired) electrons. The standard InChI is InChI=1S/C33H37FN4O5S/c1-41-31-21-24(7-9-30(31)43-15-3-10-37-11-16-42-17-12-37)29-22-35-28-5-2-4-25(32(28)36-29)23-6-8-26(27(34)20-23)33(39,40)38-13-18-44-19-14-38/h2,4-9,20-22,39-40H,3,10-19H2,1H3. The summed E-state index contributed by atoms with van der Waals surface area (Å²) in [5.41, 5.74) is 3.78. The van der Waals surface area contributed by atoms with Gasteiger partial charge in [0.25, 0.3) is 5.91 Å². The fraction of sp³-hybridized carbons (Fsp3) is 0.394. The smallest absolute Gasteiger partial charge is 0.256 e. The first-order valence-corrected chi connectivity index (χ1v) is 16.0. The van der Waals surface area contributed by atoms with Crippen molar-refractivity contribution in [1.82, 2.24) is 19.8 Å². The Labute approximate surface area is 260 Å². The van der Waals surface area contributed by atoms with Crippen molar-refractivity contribution in [3.05, 3.63) is 72.2 Å². The van der Waals surface area contributed by atoms with Crippen LogP contribution in [0, 0.1) is 5.82 Å². The Balaban J connectivity index is 1.23. The molecule has 0 saturated carbocycles. The highest BCUT2D eigenvalue weighted by Gasteiger charge is 2.37. The maximum absolute atomic E-state index is 15.4. The first-order valence-electron chi connectivity index (χ1n) is 14.9. The lowest BCUT2D eigenvalue weighted by Gasteiger charge is -2.37. The van der Waals surface area contributed by atoms with Crippen molar-refractivity contribution in [2.24, 2.45) is 0 Å². The molecule has 6 rings (SSSR count). The van der Waals surface area contributed by atoms with Gasteiger partial charge in [-0.1, -0.05) is 18.2 Å². The highest BCUT2D eigenvalue weighted by molar-refractivity contribution is 7.99. The number of para-hydroxylation sites is 1. The summed E-state index contributed by atoms with van der Waals surface area (Å²) in [6.45, 7) is 5.94. The lowest BCUT2D eigenvalue weighted by molar-refractivity contribution is -0.274. The third-order valence-corrected chi connectivity index (χ3v) is 9.05. The van der Waals surface area contributed by atoms with Crippen molar-refractivity contribution < 1.29 is 28.8 Å². The van der Waals surface area contributed by atoms with Crippen molar-refractivity contribution in [3.8, 4) is 33.9 Å². The second-order valence-electron chi connectivity index (χ2n) is 10.9. The number of halogens is 1. The fourth-order valence-electron chi connectivity index (χ4n) is 5.65. The summed E-state index contributed by atoms with van der Waals surface area (Å²) in [6, 6.07) is 15.7. The number of aromatic nitrogens is 2. The van der Waals surface area contributed by atoms with Crippen LogP contribution in [0.5, 0.6) is 11.5 Å². The molecule has 44 heavy (non-hydrogen) atoms. The summed E-state index contributed by atoms with van der Waals surface area (Å²) in [5, 5.41) is 21.7. The number of thioether (sulfide) groups is 1. The maximum Gasteiger partial charge on any atom is 0.256 e. The molecular weight excluding hydrogens is 583 g/mol. The summed E-state index contributed by atoms with van der Waals surface area (Å²) in [5.74, 6) is -0.293. The van der Waals surface area contributed by atoms with Gasteiger partial charge >= 0.3 is 0 Å². The van der Waals surface area contributed by atoms with Gasteiger partial charge in [0.2, 0.25) is 0 Å². The number of morpholine rings is 1. The van der Waals surface area contributed by atoms with Gasteiger partial charge in [-0.15, -0.1) is 0 Å². The number of rotatable bonds is 10. The van der Waals surface area contributed by atoms with Crippen LogP contribution in [-0.4, -0.2) is 101 Å². The topological polar surface area (TPSA) is 100 Å². The van der Waals surface area contributed by atoms with E-state index in [4.69, 9.17) is 19.2 Å². The second kappa shape index (κ2) is 13.8. The number of methoxy groups -OCH3 is 1. The molecule has 2 saturated heterocycles. The molecule has 0 spiro atoms. The first kappa shape index (κ1) is 30.7. The summed E-state index contributed by atoms with van der Waals surface area (Å²) in [7, 11) is 1.61. The number of aliphatic hydroxyl groups is 2. The van der Waals surface area contributed by atoms with Crippen LogP contribution in [-0.2, 0) is 10.6 Å². The molecule has 2 aliphatic rings. The van der Waals surface area contributed by atoms with Crippen LogP contribution in [0.1, 0.15) is 12.0 Å². The molecular formula is C33H37FN4O5S. The molecule has 0 atom stereocenters. The van der Waals surface area contributed by atoms with Gasteiger partial charge in [0.05, 0.1) is 55.4 Å². The van der Waals surface area contributed by atoms with E-state index in [1.165, 1.54) is 17.0 Å². The van der Waals surface area contributed by atoms with Gasteiger partial charge in [-0.05, 0) is 48.4 Å². The van der Waals surface area contributed by atoms with Gasteiger partial charge < -0.3 is 24.4 Å². The van der Waals surface area contributed by atoms with Gasteiger partial charge in [-0.3, -0.25) is 9.88 Å². The summed E-state index contributed by atoms with van der Waals surface area (Å²) in [6.07, 6.45) is 2.61. The lowest BCUT2D eigenvalue weighted by atomic mass is 10.00. The fourth-order valence-corrected chi connectivity index (χ4v) is 6.55. The highest BCUT2D eigenvalue weighted by Crippen LogP contribution is 2.35. The lowest BCUT2D eigenvalue weighted by Crippen LogP contribution is -2.50. The Morgan fingerprint density at radius 2 is 1.77 bits per heavy atom. The summed E-state index contributed by atoms with van der Waals surface area (Å²) < 4.78 is 32.5. The maximum atomic E-state index is 15.4. The molecule has 2 N–H and O–H groups in total. The van der Waals surface area contributed by atoms with Crippen LogP contribution in [0.2, 0.25) is 0 Å². The van der Waals surface area contributed by atoms with Crippen molar-refractivity contribution in [3.63, 3.8) is 0 Å². The van der Waals surface area contributed by atoms with Gasteiger partial charge in [-0.25, -0.2) is 14.3 Å². The van der Waals surface area contributed by atoms with Gasteiger partial charge in [0.1, 0.15) is 5.82 Å². The molecule has 1 aromatic heterocycles. The zero-order chi connectivity index (χ0) is 30.5. The molecule has 9 nitrogen and oxygen atoms in total. The molecule has 0 amide bonds. The molecule has 2 fully saturated rings. The Kier molecular flexibility index (Phi) is 9.60. The minimum atomic E-state index is -2.38.